The van der Waals surface area contributed by atoms with E-state index in [4.69, 9.17) is 0 Å². The second kappa shape index (κ2) is 3.75. The lowest BCUT2D eigenvalue weighted by Gasteiger charge is -2.25. The molecule has 1 fully saturated rings. The Hall–Kier alpha value is -1.09. The topological polar surface area (TPSA) is 34.0 Å². The zero-order chi connectivity index (χ0) is 9.10. The van der Waals surface area contributed by atoms with Gasteiger partial charge in [-0.3, -0.25) is 4.79 Å². The molecule has 0 radical (unpaired) electrons. The average Bonchev–Trinajstić information content (AvgIpc) is 2.20. The van der Waals surface area contributed by atoms with Crippen molar-refractivity contribution in [2.75, 3.05) is 13.1 Å². The molecule has 0 spiro atoms. The van der Waals surface area contributed by atoms with Crippen molar-refractivity contribution in [2.24, 2.45) is 0 Å². The molecule has 1 aromatic rings. The van der Waals surface area contributed by atoms with E-state index < -0.39 is 0 Å². The van der Waals surface area contributed by atoms with E-state index in [2.05, 4.69) is 9.88 Å². The highest BCUT2D eigenvalue weighted by Crippen LogP contribution is 2.16. The van der Waals surface area contributed by atoms with Crippen LogP contribution in [0.5, 0.6) is 0 Å². The predicted octanol–water partition coefficient (Wildman–Crippen LogP) is 0.773. The first-order valence-corrected chi connectivity index (χ1v) is 4.75. The zero-order valence-electron chi connectivity index (χ0n) is 7.57. The van der Waals surface area contributed by atoms with Gasteiger partial charge in [-0.15, -0.1) is 0 Å². The summed E-state index contributed by atoms with van der Waals surface area (Å²) in [6, 6.07) is 3.83. The smallest absolute Gasteiger partial charge is 0.181 e. The van der Waals surface area contributed by atoms with Crippen molar-refractivity contribution >= 4 is 0 Å². The summed E-state index contributed by atoms with van der Waals surface area (Å²) < 4.78 is 2.14. The van der Waals surface area contributed by atoms with Crippen LogP contribution >= 0.6 is 0 Å². The van der Waals surface area contributed by atoms with Crippen molar-refractivity contribution in [3.8, 4) is 0 Å². The van der Waals surface area contributed by atoms with Crippen LogP contribution in [0, 0.1) is 0 Å². The van der Waals surface area contributed by atoms with Gasteiger partial charge in [-0.25, -0.2) is 0 Å². The molecule has 2 rings (SSSR count). The van der Waals surface area contributed by atoms with Gasteiger partial charge in [-0.1, -0.05) is 0 Å². The predicted molar refractivity (Wildman–Crippen MR) is 51.8 cm³/mol. The summed E-state index contributed by atoms with van der Waals surface area (Å²) in [4.78, 5) is 10.9. The van der Waals surface area contributed by atoms with Gasteiger partial charge < -0.3 is 9.88 Å². The fourth-order valence-corrected chi connectivity index (χ4v) is 1.77. The third-order valence-electron chi connectivity index (χ3n) is 2.55. The van der Waals surface area contributed by atoms with E-state index in [-0.39, 0.29) is 5.43 Å². The minimum absolute atomic E-state index is 0.0881. The van der Waals surface area contributed by atoms with E-state index in [1.165, 1.54) is 0 Å². The molecule has 0 amide bonds. The van der Waals surface area contributed by atoms with Gasteiger partial charge >= 0.3 is 0 Å². The lowest BCUT2D eigenvalue weighted by Crippen LogP contribution is -2.29. The largest absolute Gasteiger partial charge is 0.351 e. The maximum atomic E-state index is 10.9. The van der Waals surface area contributed by atoms with Crippen molar-refractivity contribution in [3.05, 3.63) is 34.7 Å². The van der Waals surface area contributed by atoms with Crippen LogP contribution in [-0.4, -0.2) is 17.7 Å². The second-order valence-corrected chi connectivity index (χ2v) is 3.46. The van der Waals surface area contributed by atoms with Crippen molar-refractivity contribution in [1.82, 2.24) is 9.88 Å². The fraction of sp³-hybridized carbons (Fsp3) is 0.500. The van der Waals surface area contributed by atoms with Crippen LogP contribution in [0.15, 0.2) is 29.3 Å². The molecule has 2 heterocycles. The normalized spacial score (nSPS) is 18.8. The van der Waals surface area contributed by atoms with Gasteiger partial charge in [-0.2, -0.15) is 0 Å². The third-order valence-corrected chi connectivity index (χ3v) is 2.55. The van der Waals surface area contributed by atoms with Crippen LogP contribution in [0.4, 0.5) is 0 Å². The SMILES string of the molecule is O=c1ccn(C2CCNCC2)cc1. The standard InChI is InChI=1S/C10H14N2O/c13-10-3-7-12(8-4-10)9-1-5-11-6-2-9/h3-4,7-9,11H,1-2,5-6H2. The molecule has 0 aliphatic carbocycles. The molecule has 3 nitrogen and oxygen atoms in total. The lowest BCUT2D eigenvalue weighted by molar-refractivity contribution is 0.367. The highest BCUT2D eigenvalue weighted by atomic mass is 16.1. The van der Waals surface area contributed by atoms with E-state index >= 15 is 0 Å². The molecule has 1 saturated heterocycles. The highest BCUT2D eigenvalue weighted by Gasteiger charge is 2.12. The van der Waals surface area contributed by atoms with Gasteiger partial charge in [0.2, 0.25) is 0 Å². The summed E-state index contributed by atoms with van der Waals surface area (Å²) >= 11 is 0. The summed E-state index contributed by atoms with van der Waals surface area (Å²) in [5, 5.41) is 3.32. The Morgan fingerprint density at radius 1 is 1.23 bits per heavy atom. The molecule has 0 aromatic carbocycles. The molecule has 1 aliphatic heterocycles. The molecule has 13 heavy (non-hydrogen) atoms. The molecule has 0 bridgehead atoms. The van der Waals surface area contributed by atoms with E-state index in [1.807, 2.05) is 12.4 Å². The van der Waals surface area contributed by atoms with Gasteiger partial charge in [0.1, 0.15) is 0 Å². The maximum absolute atomic E-state index is 10.9. The lowest BCUT2D eigenvalue weighted by atomic mass is 10.1. The van der Waals surface area contributed by atoms with E-state index in [1.54, 1.807) is 12.1 Å². The summed E-state index contributed by atoms with van der Waals surface area (Å²) in [5.41, 5.74) is 0.0881. The minimum atomic E-state index is 0.0881. The first kappa shape index (κ1) is 8.51. The number of nitrogens with zero attached hydrogens (tertiary/aromatic N) is 1. The quantitative estimate of drug-likeness (QED) is 0.689. The molecule has 0 saturated carbocycles. The van der Waals surface area contributed by atoms with Crippen molar-refractivity contribution in [1.29, 1.82) is 0 Å². The third kappa shape index (κ3) is 1.98. The Kier molecular flexibility index (Phi) is 2.45. The highest BCUT2D eigenvalue weighted by molar-refractivity contribution is 4.96. The molecule has 0 unspecified atom stereocenters. The maximum Gasteiger partial charge on any atom is 0.181 e. The van der Waals surface area contributed by atoms with Gasteiger partial charge in [0.25, 0.3) is 0 Å². The molecule has 1 aromatic heterocycles. The number of hydrogen-bond acceptors (Lipinski definition) is 2. The van der Waals surface area contributed by atoms with Crippen molar-refractivity contribution in [3.63, 3.8) is 0 Å². The monoisotopic (exact) mass is 178 g/mol. The number of hydrogen-bond donors (Lipinski definition) is 1. The summed E-state index contributed by atoms with van der Waals surface area (Å²) in [5.74, 6) is 0. The Bertz CT molecular complexity index is 305. The van der Waals surface area contributed by atoms with Gasteiger partial charge in [0, 0.05) is 30.6 Å². The van der Waals surface area contributed by atoms with Crippen LogP contribution in [0.3, 0.4) is 0 Å². The number of piperidine rings is 1. The molecule has 3 heteroatoms. The van der Waals surface area contributed by atoms with Gasteiger partial charge in [0.05, 0.1) is 0 Å². The van der Waals surface area contributed by atoms with E-state index in [9.17, 15) is 4.79 Å². The summed E-state index contributed by atoms with van der Waals surface area (Å²) in [6.07, 6.45) is 6.09. The van der Waals surface area contributed by atoms with Crippen LogP contribution in [0.2, 0.25) is 0 Å². The van der Waals surface area contributed by atoms with Crippen LogP contribution < -0.4 is 10.7 Å². The van der Waals surface area contributed by atoms with Crippen molar-refractivity contribution < 1.29 is 0 Å². The van der Waals surface area contributed by atoms with Crippen LogP contribution in [0.1, 0.15) is 18.9 Å². The van der Waals surface area contributed by atoms with E-state index in [0.717, 1.165) is 25.9 Å². The minimum Gasteiger partial charge on any atom is -0.351 e. The average molecular weight is 178 g/mol. The molecule has 1 aliphatic rings. The fourth-order valence-electron chi connectivity index (χ4n) is 1.77. The molecule has 70 valence electrons. The Balaban J connectivity index is 2.14. The number of nitrogens with one attached hydrogen (secondary N) is 1. The Morgan fingerprint density at radius 3 is 2.46 bits per heavy atom. The summed E-state index contributed by atoms with van der Waals surface area (Å²) in [6.45, 7) is 2.16. The first-order valence-electron chi connectivity index (χ1n) is 4.75. The Morgan fingerprint density at radius 2 is 1.85 bits per heavy atom. The van der Waals surface area contributed by atoms with Crippen LogP contribution in [-0.2, 0) is 0 Å². The van der Waals surface area contributed by atoms with Crippen molar-refractivity contribution in [2.45, 2.75) is 18.9 Å². The second-order valence-electron chi connectivity index (χ2n) is 3.46. The molecule has 0 atom stereocenters. The Labute approximate surface area is 77.4 Å². The number of aromatic nitrogens is 1. The molecular formula is C10H14N2O. The molecular weight excluding hydrogens is 164 g/mol. The van der Waals surface area contributed by atoms with Crippen LogP contribution in [0.25, 0.3) is 0 Å². The zero-order valence-corrected chi connectivity index (χ0v) is 7.57. The summed E-state index contributed by atoms with van der Waals surface area (Å²) in [7, 11) is 0. The van der Waals surface area contributed by atoms with Gasteiger partial charge in [-0.05, 0) is 25.9 Å². The number of rotatable bonds is 1. The number of pyridine rings is 1. The van der Waals surface area contributed by atoms with E-state index in [0.29, 0.717) is 6.04 Å². The molecule has 1 N–H and O–H groups in total. The first-order chi connectivity index (χ1) is 6.36. The van der Waals surface area contributed by atoms with Gasteiger partial charge in [0.15, 0.2) is 5.43 Å².